The predicted octanol–water partition coefficient (Wildman–Crippen LogP) is 3.48. The van der Waals surface area contributed by atoms with Crippen LogP contribution in [-0.4, -0.2) is 19.0 Å². The molecular weight excluding hydrogens is 292 g/mol. The number of halogens is 1. The van der Waals surface area contributed by atoms with Gasteiger partial charge in [0.25, 0.3) is 0 Å². The van der Waals surface area contributed by atoms with E-state index in [0.29, 0.717) is 11.7 Å². The van der Waals surface area contributed by atoms with Gasteiger partial charge in [-0.3, -0.25) is 4.79 Å². The lowest BCUT2D eigenvalue weighted by Crippen LogP contribution is -2.53. The first-order chi connectivity index (χ1) is 8.71. The first-order valence-corrected chi connectivity index (χ1v) is 7.35. The fraction of sp³-hybridized carbons (Fsp3) is 0.533. The van der Waals surface area contributed by atoms with Crippen molar-refractivity contribution in [3.05, 3.63) is 34.3 Å². The van der Waals surface area contributed by atoms with Crippen molar-refractivity contribution in [2.24, 2.45) is 5.92 Å². The highest BCUT2D eigenvalue weighted by Crippen LogP contribution is 2.45. The summed E-state index contributed by atoms with van der Waals surface area (Å²) in [4.78, 5) is 11.4. The van der Waals surface area contributed by atoms with Gasteiger partial charge < -0.3 is 4.74 Å². The highest BCUT2D eigenvalue weighted by molar-refractivity contribution is 9.10. The molecule has 0 bridgehead atoms. The SMILES string of the molecule is O=C1CCC(C2(c3ccc(Br)cc3)COC2)CC1. The van der Waals surface area contributed by atoms with Crippen molar-refractivity contribution < 1.29 is 9.53 Å². The summed E-state index contributed by atoms with van der Waals surface area (Å²) in [6.45, 7) is 1.63. The van der Waals surface area contributed by atoms with Crippen molar-refractivity contribution in [1.29, 1.82) is 0 Å². The summed E-state index contributed by atoms with van der Waals surface area (Å²) in [6, 6.07) is 8.60. The Kier molecular flexibility index (Phi) is 3.29. The van der Waals surface area contributed by atoms with Gasteiger partial charge in [0.15, 0.2) is 0 Å². The molecule has 2 fully saturated rings. The third-order valence-corrected chi connectivity index (χ3v) is 4.99. The molecule has 3 rings (SSSR count). The average molecular weight is 309 g/mol. The van der Waals surface area contributed by atoms with E-state index in [9.17, 15) is 4.79 Å². The number of hydrogen-bond acceptors (Lipinski definition) is 2. The molecule has 1 aliphatic carbocycles. The molecule has 0 N–H and O–H groups in total. The van der Waals surface area contributed by atoms with Crippen LogP contribution in [0.3, 0.4) is 0 Å². The lowest BCUT2D eigenvalue weighted by molar-refractivity contribution is -0.127. The van der Waals surface area contributed by atoms with Crippen LogP contribution in [0.25, 0.3) is 0 Å². The lowest BCUT2D eigenvalue weighted by atomic mass is 9.63. The van der Waals surface area contributed by atoms with E-state index in [1.54, 1.807) is 0 Å². The van der Waals surface area contributed by atoms with Crippen molar-refractivity contribution in [3.8, 4) is 0 Å². The summed E-state index contributed by atoms with van der Waals surface area (Å²) in [5.41, 5.74) is 1.54. The zero-order chi connectivity index (χ0) is 12.6. The second kappa shape index (κ2) is 4.78. The van der Waals surface area contributed by atoms with Crippen LogP contribution in [0.5, 0.6) is 0 Å². The lowest BCUT2D eigenvalue weighted by Gasteiger charge is -2.49. The third-order valence-electron chi connectivity index (χ3n) is 4.46. The zero-order valence-corrected chi connectivity index (χ0v) is 11.9. The molecule has 1 aromatic carbocycles. The van der Waals surface area contributed by atoms with Crippen LogP contribution in [0.1, 0.15) is 31.2 Å². The molecule has 3 heteroatoms. The van der Waals surface area contributed by atoms with Crippen molar-refractivity contribution in [2.75, 3.05) is 13.2 Å². The molecule has 0 aromatic heterocycles. The number of hydrogen-bond donors (Lipinski definition) is 0. The molecule has 0 amide bonds. The number of benzene rings is 1. The summed E-state index contributed by atoms with van der Waals surface area (Å²) in [5.74, 6) is 1.03. The Balaban J connectivity index is 1.85. The number of carbonyl (C=O) groups is 1. The molecule has 2 nitrogen and oxygen atoms in total. The van der Waals surface area contributed by atoms with Crippen LogP contribution in [0.4, 0.5) is 0 Å². The minimum atomic E-state index is 0.168. The Bertz CT molecular complexity index is 438. The maximum atomic E-state index is 11.4. The zero-order valence-electron chi connectivity index (χ0n) is 10.3. The monoisotopic (exact) mass is 308 g/mol. The second-order valence-electron chi connectivity index (χ2n) is 5.47. The summed E-state index contributed by atoms with van der Waals surface area (Å²) >= 11 is 3.48. The topological polar surface area (TPSA) is 26.3 Å². The van der Waals surface area contributed by atoms with Gasteiger partial charge in [-0.2, -0.15) is 0 Å². The van der Waals surface area contributed by atoms with E-state index in [0.717, 1.165) is 43.4 Å². The van der Waals surface area contributed by atoms with Gasteiger partial charge in [0.1, 0.15) is 5.78 Å². The molecule has 0 spiro atoms. The van der Waals surface area contributed by atoms with Crippen LogP contribution < -0.4 is 0 Å². The molecule has 0 unspecified atom stereocenters. The maximum absolute atomic E-state index is 11.4. The first kappa shape index (κ1) is 12.4. The van der Waals surface area contributed by atoms with Gasteiger partial charge >= 0.3 is 0 Å². The van der Waals surface area contributed by atoms with Crippen LogP contribution in [0, 0.1) is 5.92 Å². The van der Waals surface area contributed by atoms with Crippen LogP contribution in [0.15, 0.2) is 28.7 Å². The van der Waals surface area contributed by atoms with Crippen molar-refractivity contribution in [3.63, 3.8) is 0 Å². The quantitative estimate of drug-likeness (QED) is 0.836. The second-order valence-corrected chi connectivity index (χ2v) is 6.38. The largest absolute Gasteiger partial charge is 0.379 e. The fourth-order valence-electron chi connectivity index (χ4n) is 3.23. The van der Waals surface area contributed by atoms with E-state index in [1.807, 2.05) is 0 Å². The Morgan fingerprint density at radius 2 is 1.72 bits per heavy atom. The van der Waals surface area contributed by atoms with Gasteiger partial charge in [-0.15, -0.1) is 0 Å². The summed E-state index contributed by atoms with van der Waals surface area (Å²) in [5, 5.41) is 0. The van der Waals surface area contributed by atoms with E-state index < -0.39 is 0 Å². The summed E-state index contributed by atoms with van der Waals surface area (Å²) in [6.07, 6.45) is 3.56. The molecule has 1 aromatic rings. The number of Topliss-reactive ketones (excluding diaryl/α,β-unsaturated/α-hetero) is 1. The maximum Gasteiger partial charge on any atom is 0.132 e. The smallest absolute Gasteiger partial charge is 0.132 e. The van der Waals surface area contributed by atoms with E-state index in [4.69, 9.17) is 4.74 Å². The Labute approximate surface area is 116 Å². The molecule has 1 aliphatic heterocycles. The molecule has 1 saturated carbocycles. The van der Waals surface area contributed by atoms with Crippen molar-refractivity contribution in [1.82, 2.24) is 0 Å². The molecule has 0 atom stereocenters. The molecule has 18 heavy (non-hydrogen) atoms. The molecular formula is C15H17BrO2. The van der Waals surface area contributed by atoms with Gasteiger partial charge in [-0.25, -0.2) is 0 Å². The number of carbonyl (C=O) groups excluding carboxylic acids is 1. The minimum absolute atomic E-state index is 0.168. The van der Waals surface area contributed by atoms with Gasteiger partial charge in [0.2, 0.25) is 0 Å². The Morgan fingerprint density at radius 3 is 2.22 bits per heavy atom. The molecule has 2 aliphatic rings. The molecule has 96 valence electrons. The Hall–Kier alpha value is -0.670. The minimum Gasteiger partial charge on any atom is -0.379 e. The number of ether oxygens (including phenoxy) is 1. The fourth-order valence-corrected chi connectivity index (χ4v) is 3.50. The van der Waals surface area contributed by atoms with Gasteiger partial charge in [-0.1, -0.05) is 28.1 Å². The molecule has 0 radical (unpaired) electrons. The predicted molar refractivity (Wildman–Crippen MR) is 73.6 cm³/mol. The van der Waals surface area contributed by atoms with E-state index in [1.165, 1.54) is 5.56 Å². The van der Waals surface area contributed by atoms with E-state index in [2.05, 4.69) is 40.2 Å². The van der Waals surface area contributed by atoms with E-state index >= 15 is 0 Å². The van der Waals surface area contributed by atoms with Crippen LogP contribution >= 0.6 is 15.9 Å². The van der Waals surface area contributed by atoms with Crippen molar-refractivity contribution in [2.45, 2.75) is 31.1 Å². The molecule has 1 heterocycles. The average Bonchev–Trinajstić information content (AvgIpc) is 2.32. The van der Waals surface area contributed by atoms with Crippen molar-refractivity contribution >= 4 is 21.7 Å². The first-order valence-electron chi connectivity index (χ1n) is 6.56. The van der Waals surface area contributed by atoms with Gasteiger partial charge in [0.05, 0.1) is 13.2 Å². The van der Waals surface area contributed by atoms with Crippen LogP contribution in [0.2, 0.25) is 0 Å². The standard InChI is InChI=1S/C15H17BrO2/c16-13-5-1-11(2-6-13)15(9-18-10-15)12-3-7-14(17)8-4-12/h1-2,5-6,12H,3-4,7-10H2. The number of ketones is 1. The van der Waals surface area contributed by atoms with Gasteiger partial charge in [0, 0.05) is 22.7 Å². The van der Waals surface area contributed by atoms with E-state index in [-0.39, 0.29) is 5.41 Å². The summed E-state index contributed by atoms with van der Waals surface area (Å²) in [7, 11) is 0. The van der Waals surface area contributed by atoms with Crippen LogP contribution in [-0.2, 0) is 14.9 Å². The highest BCUT2D eigenvalue weighted by atomic mass is 79.9. The highest BCUT2D eigenvalue weighted by Gasteiger charge is 2.47. The third kappa shape index (κ3) is 2.04. The Morgan fingerprint density at radius 1 is 1.11 bits per heavy atom. The van der Waals surface area contributed by atoms with Gasteiger partial charge in [-0.05, 0) is 36.5 Å². The normalized spacial score (nSPS) is 23.7. The summed E-state index contributed by atoms with van der Waals surface area (Å²) < 4.78 is 6.62. The molecule has 1 saturated heterocycles. The number of rotatable bonds is 2.